The van der Waals surface area contributed by atoms with E-state index in [1.54, 1.807) is 7.11 Å². The number of hydrogen-bond donors (Lipinski definition) is 1. The van der Waals surface area contributed by atoms with Crippen molar-refractivity contribution in [1.82, 2.24) is 15.1 Å². The first-order valence-electron chi connectivity index (χ1n) is 11.5. The Kier molecular flexibility index (Phi) is 8.14. The van der Waals surface area contributed by atoms with Crippen molar-refractivity contribution in [1.29, 1.82) is 0 Å². The van der Waals surface area contributed by atoms with Gasteiger partial charge in [-0.3, -0.25) is 14.5 Å². The third-order valence-electron chi connectivity index (χ3n) is 6.59. The highest BCUT2D eigenvalue weighted by atomic mass is 16.5. The summed E-state index contributed by atoms with van der Waals surface area (Å²) in [6.45, 7) is 4.42. The van der Waals surface area contributed by atoms with E-state index < -0.39 is 0 Å². The van der Waals surface area contributed by atoms with Gasteiger partial charge < -0.3 is 15.0 Å². The van der Waals surface area contributed by atoms with Crippen LogP contribution in [0.15, 0.2) is 24.3 Å². The van der Waals surface area contributed by atoms with Crippen LogP contribution in [0, 0.1) is 5.92 Å². The van der Waals surface area contributed by atoms with Crippen LogP contribution >= 0.6 is 0 Å². The zero-order valence-corrected chi connectivity index (χ0v) is 18.7. The number of carbonyl (C=O) groups is 2. The number of ether oxygens (including phenoxy) is 1. The van der Waals surface area contributed by atoms with Crippen LogP contribution in [-0.4, -0.2) is 61.4 Å². The minimum atomic E-state index is -0.307. The monoisotopic (exact) mass is 415 g/mol. The van der Waals surface area contributed by atoms with Crippen molar-refractivity contribution in [3.05, 3.63) is 29.8 Å². The van der Waals surface area contributed by atoms with E-state index in [1.807, 2.05) is 24.0 Å². The molecule has 1 aromatic carbocycles. The molecule has 3 rings (SSSR count). The minimum absolute atomic E-state index is 0.0147. The molecule has 30 heavy (non-hydrogen) atoms. The molecule has 2 saturated heterocycles. The van der Waals surface area contributed by atoms with E-state index in [4.69, 9.17) is 4.74 Å². The smallest absolute Gasteiger partial charge is 0.242 e. The lowest BCUT2D eigenvalue weighted by molar-refractivity contribution is -0.142. The molecule has 2 fully saturated rings. The van der Waals surface area contributed by atoms with Crippen molar-refractivity contribution in [3.8, 4) is 5.75 Å². The fourth-order valence-electron chi connectivity index (χ4n) is 5.01. The van der Waals surface area contributed by atoms with E-state index in [-0.39, 0.29) is 23.9 Å². The third kappa shape index (κ3) is 5.34. The highest BCUT2D eigenvalue weighted by Crippen LogP contribution is 2.35. The summed E-state index contributed by atoms with van der Waals surface area (Å²) in [5.74, 6) is 1.34. The Balaban J connectivity index is 1.65. The average Bonchev–Trinajstić information content (AvgIpc) is 2.78. The number of rotatable bonds is 7. The number of hydrogen-bond acceptors (Lipinski definition) is 4. The molecule has 0 aromatic heterocycles. The molecule has 166 valence electrons. The summed E-state index contributed by atoms with van der Waals surface area (Å²) in [6.07, 6.45) is 6.34. The summed E-state index contributed by atoms with van der Waals surface area (Å²) in [4.78, 5) is 29.7. The molecule has 2 aliphatic rings. The fourth-order valence-corrected chi connectivity index (χ4v) is 5.01. The van der Waals surface area contributed by atoms with Crippen molar-refractivity contribution in [3.63, 3.8) is 0 Å². The lowest BCUT2D eigenvalue weighted by atomic mass is 9.84. The Hall–Kier alpha value is -2.08. The Morgan fingerprint density at radius 3 is 2.57 bits per heavy atom. The molecular formula is C24H37N3O3. The Morgan fingerprint density at radius 1 is 1.10 bits per heavy atom. The van der Waals surface area contributed by atoms with Gasteiger partial charge in [-0.2, -0.15) is 0 Å². The van der Waals surface area contributed by atoms with Gasteiger partial charge in [-0.1, -0.05) is 19.1 Å². The standard InChI is InChI=1S/C24H37N3O3/c1-4-8-22(28)27-16-6-5-10-21(27)24(29)25-17-19-9-7-15-26(2)23(19)18-11-13-20(30-3)14-12-18/h11-14,19,21,23H,4-10,15-17H2,1-3H3,(H,25,29). The molecule has 3 atom stereocenters. The van der Waals surface area contributed by atoms with Crippen molar-refractivity contribution in [2.45, 2.75) is 64.0 Å². The summed E-state index contributed by atoms with van der Waals surface area (Å²) in [5.41, 5.74) is 1.26. The molecule has 2 aliphatic heterocycles. The zero-order chi connectivity index (χ0) is 21.5. The van der Waals surface area contributed by atoms with Gasteiger partial charge in [-0.25, -0.2) is 0 Å². The lowest BCUT2D eigenvalue weighted by Crippen LogP contribution is -2.53. The predicted octanol–water partition coefficient (Wildman–Crippen LogP) is 3.38. The van der Waals surface area contributed by atoms with Crippen molar-refractivity contribution in [2.75, 3.05) is 33.8 Å². The van der Waals surface area contributed by atoms with Crippen LogP contribution in [0.2, 0.25) is 0 Å². The predicted molar refractivity (Wildman–Crippen MR) is 118 cm³/mol. The molecule has 1 aromatic rings. The van der Waals surface area contributed by atoms with Gasteiger partial charge in [0.15, 0.2) is 0 Å². The summed E-state index contributed by atoms with van der Waals surface area (Å²) >= 11 is 0. The van der Waals surface area contributed by atoms with Gasteiger partial charge in [0, 0.05) is 25.6 Å². The number of carbonyl (C=O) groups excluding carboxylic acids is 2. The summed E-state index contributed by atoms with van der Waals surface area (Å²) in [6, 6.07) is 8.24. The van der Waals surface area contributed by atoms with Gasteiger partial charge in [-0.05, 0) is 75.7 Å². The number of amides is 2. The van der Waals surface area contributed by atoms with Crippen LogP contribution in [0.3, 0.4) is 0 Å². The van der Waals surface area contributed by atoms with E-state index in [0.717, 1.165) is 50.8 Å². The average molecular weight is 416 g/mol. The molecule has 0 bridgehead atoms. The maximum Gasteiger partial charge on any atom is 0.242 e. The van der Waals surface area contributed by atoms with E-state index in [2.05, 4.69) is 29.4 Å². The van der Waals surface area contributed by atoms with Gasteiger partial charge >= 0.3 is 0 Å². The first kappa shape index (κ1) is 22.6. The molecule has 0 spiro atoms. The van der Waals surface area contributed by atoms with Gasteiger partial charge in [0.05, 0.1) is 7.11 Å². The molecule has 0 saturated carbocycles. The fraction of sp³-hybridized carbons (Fsp3) is 0.667. The first-order valence-corrected chi connectivity index (χ1v) is 11.5. The molecule has 6 heteroatoms. The van der Waals surface area contributed by atoms with Crippen LogP contribution in [0.1, 0.15) is 63.5 Å². The third-order valence-corrected chi connectivity index (χ3v) is 6.59. The SMILES string of the molecule is CCCC(=O)N1CCCCC1C(=O)NCC1CCCN(C)C1c1ccc(OC)cc1. The van der Waals surface area contributed by atoms with E-state index >= 15 is 0 Å². The maximum absolute atomic E-state index is 13.0. The highest BCUT2D eigenvalue weighted by molar-refractivity contribution is 5.87. The van der Waals surface area contributed by atoms with Gasteiger partial charge in [0.1, 0.15) is 11.8 Å². The van der Waals surface area contributed by atoms with Gasteiger partial charge in [0.2, 0.25) is 11.8 Å². The van der Waals surface area contributed by atoms with Gasteiger partial charge in [-0.15, -0.1) is 0 Å². The number of benzene rings is 1. The summed E-state index contributed by atoms with van der Waals surface area (Å²) in [5, 5.41) is 3.21. The van der Waals surface area contributed by atoms with Crippen LogP contribution in [0.25, 0.3) is 0 Å². The van der Waals surface area contributed by atoms with E-state index in [0.29, 0.717) is 25.4 Å². The Labute approximate surface area is 180 Å². The van der Waals surface area contributed by atoms with Crippen molar-refractivity contribution in [2.24, 2.45) is 5.92 Å². The minimum Gasteiger partial charge on any atom is -0.497 e. The lowest BCUT2D eigenvalue weighted by Gasteiger charge is -2.40. The van der Waals surface area contributed by atoms with E-state index in [1.165, 1.54) is 5.56 Å². The quantitative estimate of drug-likeness (QED) is 0.742. The maximum atomic E-state index is 13.0. The van der Waals surface area contributed by atoms with Crippen molar-refractivity contribution < 1.29 is 14.3 Å². The number of nitrogens with one attached hydrogen (secondary N) is 1. The topological polar surface area (TPSA) is 61.9 Å². The molecule has 2 amide bonds. The second-order valence-electron chi connectivity index (χ2n) is 8.69. The molecule has 6 nitrogen and oxygen atoms in total. The Bertz CT molecular complexity index is 706. The first-order chi connectivity index (χ1) is 14.5. The van der Waals surface area contributed by atoms with Crippen molar-refractivity contribution >= 4 is 11.8 Å². The molecule has 1 N–H and O–H groups in total. The Morgan fingerprint density at radius 2 is 1.87 bits per heavy atom. The largest absolute Gasteiger partial charge is 0.497 e. The number of piperidine rings is 2. The molecule has 0 aliphatic carbocycles. The van der Waals surface area contributed by atoms with Crippen LogP contribution in [-0.2, 0) is 9.59 Å². The molecular weight excluding hydrogens is 378 g/mol. The zero-order valence-electron chi connectivity index (χ0n) is 18.7. The second-order valence-corrected chi connectivity index (χ2v) is 8.69. The number of likely N-dealkylation sites (tertiary alicyclic amines) is 2. The van der Waals surface area contributed by atoms with Gasteiger partial charge in [0.25, 0.3) is 0 Å². The number of nitrogens with zero attached hydrogens (tertiary/aromatic N) is 2. The van der Waals surface area contributed by atoms with E-state index in [9.17, 15) is 9.59 Å². The summed E-state index contributed by atoms with van der Waals surface area (Å²) < 4.78 is 5.30. The summed E-state index contributed by atoms with van der Waals surface area (Å²) in [7, 11) is 3.84. The van der Waals surface area contributed by atoms with Crippen LogP contribution in [0.4, 0.5) is 0 Å². The number of methoxy groups -OCH3 is 1. The van der Waals surface area contributed by atoms with Crippen LogP contribution in [0.5, 0.6) is 5.75 Å². The van der Waals surface area contributed by atoms with Crippen LogP contribution < -0.4 is 10.1 Å². The molecule has 3 unspecified atom stereocenters. The molecule has 2 heterocycles. The molecule has 0 radical (unpaired) electrons. The highest BCUT2D eigenvalue weighted by Gasteiger charge is 2.34. The second kappa shape index (κ2) is 10.8. The normalized spacial score (nSPS) is 25.0.